The molecule has 126 valence electrons. The van der Waals surface area contributed by atoms with Gasteiger partial charge < -0.3 is 10.1 Å². The van der Waals surface area contributed by atoms with E-state index in [1.165, 1.54) is 0 Å². The normalized spacial score (nSPS) is 10.5. The summed E-state index contributed by atoms with van der Waals surface area (Å²) in [6, 6.07) is 13.3. The molecule has 0 amide bonds. The van der Waals surface area contributed by atoms with E-state index >= 15 is 0 Å². The molecule has 3 nitrogen and oxygen atoms in total. The number of ketones is 1. The summed E-state index contributed by atoms with van der Waals surface area (Å²) >= 11 is 6.06. The SMILES string of the molecule is CCC(=O)CCC(=N)c1cc(Cl)ccc1OCc1ccc(P)cc1. The van der Waals surface area contributed by atoms with Crippen LogP contribution in [0.5, 0.6) is 5.75 Å². The summed E-state index contributed by atoms with van der Waals surface area (Å²) in [6.07, 6.45) is 1.26. The Morgan fingerprint density at radius 1 is 1.17 bits per heavy atom. The average Bonchev–Trinajstić information content (AvgIpc) is 2.59. The lowest BCUT2D eigenvalue weighted by atomic mass is 10.0. The van der Waals surface area contributed by atoms with Gasteiger partial charge in [0.25, 0.3) is 0 Å². The number of hydrogen-bond donors (Lipinski definition) is 1. The van der Waals surface area contributed by atoms with E-state index in [4.69, 9.17) is 21.7 Å². The Morgan fingerprint density at radius 3 is 2.54 bits per heavy atom. The van der Waals surface area contributed by atoms with Gasteiger partial charge in [0.05, 0.1) is 0 Å². The molecule has 0 saturated heterocycles. The molecular weight excluding hydrogens is 341 g/mol. The van der Waals surface area contributed by atoms with Crippen LogP contribution in [0.1, 0.15) is 37.3 Å². The molecule has 0 aliphatic carbocycles. The highest BCUT2D eigenvalue weighted by atomic mass is 35.5. The van der Waals surface area contributed by atoms with Crippen molar-refractivity contribution in [2.75, 3.05) is 0 Å². The van der Waals surface area contributed by atoms with Crippen LogP contribution < -0.4 is 10.0 Å². The Hall–Kier alpha value is -1.70. The van der Waals surface area contributed by atoms with Gasteiger partial charge in [0.2, 0.25) is 0 Å². The summed E-state index contributed by atoms with van der Waals surface area (Å²) in [5.74, 6) is 0.769. The molecule has 5 heteroatoms. The molecule has 2 rings (SSSR count). The van der Waals surface area contributed by atoms with E-state index < -0.39 is 0 Å². The second-order valence-electron chi connectivity index (χ2n) is 5.54. The number of hydrogen-bond acceptors (Lipinski definition) is 3. The van der Waals surface area contributed by atoms with Gasteiger partial charge in [-0.25, -0.2) is 0 Å². The van der Waals surface area contributed by atoms with Gasteiger partial charge in [-0.3, -0.25) is 4.79 Å². The maximum atomic E-state index is 11.5. The van der Waals surface area contributed by atoms with Gasteiger partial charge in [-0.05, 0) is 35.5 Å². The molecule has 0 aliphatic heterocycles. The summed E-state index contributed by atoms with van der Waals surface area (Å²) in [6.45, 7) is 2.25. The smallest absolute Gasteiger partial charge is 0.133 e. The fraction of sp³-hybridized carbons (Fsp3) is 0.263. The van der Waals surface area contributed by atoms with E-state index in [0.29, 0.717) is 47.9 Å². The predicted octanol–water partition coefficient (Wildman–Crippen LogP) is 4.55. The van der Waals surface area contributed by atoms with Crippen LogP contribution in [0, 0.1) is 5.41 Å². The molecular formula is C19H21ClNO2P. The fourth-order valence-corrected chi connectivity index (χ4v) is 2.58. The third-order valence-corrected chi connectivity index (χ3v) is 4.31. The monoisotopic (exact) mass is 361 g/mol. The minimum atomic E-state index is 0.154. The van der Waals surface area contributed by atoms with E-state index in [2.05, 4.69) is 9.24 Å². The van der Waals surface area contributed by atoms with Crippen LogP contribution in [0.15, 0.2) is 42.5 Å². The zero-order valence-electron chi connectivity index (χ0n) is 13.6. The number of rotatable bonds is 8. The Kier molecular flexibility index (Phi) is 6.96. The third-order valence-electron chi connectivity index (χ3n) is 3.69. The van der Waals surface area contributed by atoms with E-state index in [-0.39, 0.29) is 5.78 Å². The maximum Gasteiger partial charge on any atom is 0.133 e. The highest BCUT2D eigenvalue weighted by Crippen LogP contribution is 2.25. The fourth-order valence-electron chi connectivity index (χ4n) is 2.21. The maximum absolute atomic E-state index is 11.5. The first-order valence-corrected chi connectivity index (χ1v) is 8.81. The molecule has 0 aliphatic rings. The number of halogens is 1. The van der Waals surface area contributed by atoms with Crippen LogP contribution in [0.4, 0.5) is 0 Å². The number of Topliss-reactive ketones (excluding diaryl/α,β-unsaturated/α-hetero) is 1. The Balaban J connectivity index is 2.10. The van der Waals surface area contributed by atoms with Gasteiger partial charge >= 0.3 is 0 Å². The second-order valence-corrected chi connectivity index (χ2v) is 6.64. The van der Waals surface area contributed by atoms with E-state index in [9.17, 15) is 4.79 Å². The molecule has 0 saturated carbocycles. The summed E-state index contributed by atoms with van der Waals surface area (Å²) in [4.78, 5) is 11.5. The molecule has 1 atom stereocenters. The molecule has 0 bridgehead atoms. The van der Waals surface area contributed by atoms with Crippen molar-refractivity contribution >= 4 is 37.6 Å². The van der Waals surface area contributed by atoms with Crippen molar-refractivity contribution in [3.8, 4) is 5.75 Å². The van der Waals surface area contributed by atoms with E-state index in [0.717, 1.165) is 10.9 Å². The molecule has 1 unspecified atom stereocenters. The first kappa shape index (κ1) is 18.6. The van der Waals surface area contributed by atoms with Gasteiger partial charge in [0.1, 0.15) is 18.1 Å². The topological polar surface area (TPSA) is 50.2 Å². The molecule has 0 spiro atoms. The van der Waals surface area contributed by atoms with Crippen LogP contribution in [0.3, 0.4) is 0 Å². The van der Waals surface area contributed by atoms with Gasteiger partial charge in [-0.1, -0.05) is 42.8 Å². The first-order valence-electron chi connectivity index (χ1n) is 7.86. The van der Waals surface area contributed by atoms with Crippen molar-refractivity contribution in [2.24, 2.45) is 0 Å². The lowest BCUT2D eigenvalue weighted by molar-refractivity contribution is -0.118. The summed E-state index contributed by atoms with van der Waals surface area (Å²) in [5.41, 5.74) is 2.07. The van der Waals surface area contributed by atoms with Crippen molar-refractivity contribution in [3.63, 3.8) is 0 Å². The number of benzene rings is 2. The van der Waals surface area contributed by atoms with Gasteiger partial charge in [0.15, 0.2) is 0 Å². The second kappa shape index (κ2) is 8.96. The molecule has 24 heavy (non-hydrogen) atoms. The lowest BCUT2D eigenvalue weighted by Gasteiger charge is -2.13. The van der Waals surface area contributed by atoms with Crippen molar-refractivity contribution in [3.05, 3.63) is 58.6 Å². The van der Waals surface area contributed by atoms with Crippen LogP contribution in [0.25, 0.3) is 0 Å². The lowest BCUT2D eigenvalue weighted by Crippen LogP contribution is -2.07. The molecule has 0 fully saturated rings. The van der Waals surface area contributed by atoms with Gasteiger partial charge in [0, 0.05) is 29.1 Å². The zero-order chi connectivity index (χ0) is 17.5. The zero-order valence-corrected chi connectivity index (χ0v) is 15.6. The van der Waals surface area contributed by atoms with Crippen LogP contribution in [0.2, 0.25) is 5.02 Å². The largest absolute Gasteiger partial charge is 0.488 e. The molecule has 1 N–H and O–H groups in total. The number of carbonyl (C=O) groups excluding carboxylic acids is 1. The minimum Gasteiger partial charge on any atom is -0.488 e. The molecule has 2 aromatic carbocycles. The molecule has 0 radical (unpaired) electrons. The molecule has 2 aromatic rings. The van der Waals surface area contributed by atoms with Crippen molar-refractivity contribution in [1.29, 1.82) is 5.41 Å². The minimum absolute atomic E-state index is 0.154. The van der Waals surface area contributed by atoms with Gasteiger partial charge in [-0.15, -0.1) is 9.24 Å². The summed E-state index contributed by atoms with van der Waals surface area (Å²) in [7, 11) is 2.65. The Labute approximate surface area is 150 Å². The Morgan fingerprint density at radius 2 is 1.88 bits per heavy atom. The number of nitrogens with one attached hydrogen (secondary N) is 1. The summed E-state index contributed by atoms with van der Waals surface area (Å²) < 4.78 is 5.88. The highest BCUT2D eigenvalue weighted by molar-refractivity contribution is 7.27. The average molecular weight is 362 g/mol. The molecule has 0 heterocycles. The highest BCUT2D eigenvalue weighted by Gasteiger charge is 2.12. The third kappa shape index (κ3) is 5.43. The Bertz CT molecular complexity index is 729. The van der Waals surface area contributed by atoms with Crippen molar-refractivity contribution in [2.45, 2.75) is 32.8 Å². The van der Waals surface area contributed by atoms with Gasteiger partial charge in [-0.2, -0.15) is 0 Å². The van der Waals surface area contributed by atoms with Crippen LogP contribution in [-0.4, -0.2) is 11.5 Å². The first-order chi connectivity index (χ1) is 11.5. The van der Waals surface area contributed by atoms with E-state index in [1.807, 2.05) is 31.2 Å². The predicted molar refractivity (Wildman–Crippen MR) is 103 cm³/mol. The van der Waals surface area contributed by atoms with Crippen molar-refractivity contribution < 1.29 is 9.53 Å². The quantitative estimate of drug-likeness (QED) is 0.554. The summed E-state index contributed by atoms with van der Waals surface area (Å²) in [5, 5.41) is 9.92. The molecule has 0 aromatic heterocycles. The standard InChI is InChI=1S/C19H21ClNO2P/c1-2-15(22)6-9-18(21)17-11-14(20)5-10-19(17)23-12-13-3-7-16(24)8-4-13/h3-5,7-8,10-11,21H,2,6,9,12,24H2,1H3. The van der Waals surface area contributed by atoms with E-state index in [1.54, 1.807) is 18.2 Å². The number of ether oxygens (including phenoxy) is 1. The van der Waals surface area contributed by atoms with Crippen molar-refractivity contribution in [1.82, 2.24) is 0 Å². The van der Waals surface area contributed by atoms with Crippen LogP contribution in [-0.2, 0) is 11.4 Å². The number of carbonyl (C=O) groups is 1. The van der Waals surface area contributed by atoms with Crippen LogP contribution >= 0.6 is 20.8 Å².